The van der Waals surface area contributed by atoms with E-state index in [4.69, 9.17) is 0 Å². The fourth-order valence-corrected chi connectivity index (χ4v) is 2.33. The fraction of sp³-hybridized carbons (Fsp3) is 0.357. The smallest absolute Gasteiger partial charge is 0.222 e. The second kappa shape index (κ2) is 5.65. The summed E-state index contributed by atoms with van der Waals surface area (Å²) in [5.41, 5.74) is 0.974. The van der Waals surface area contributed by atoms with E-state index in [0.29, 0.717) is 12.8 Å². The van der Waals surface area contributed by atoms with Gasteiger partial charge in [-0.3, -0.25) is 9.59 Å². The van der Waals surface area contributed by atoms with Gasteiger partial charge in [0.15, 0.2) is 0 Å². The molecule has 0 unspecified atom stereocenters. The molecule has 0 saturated carbocycles. The molecule has 1 aliphatic heterocycles. The van der Waals surface area contributed by atoms with Crippen molar-refractivity contribution in [3.8, 4) is 0 Å². The van der Waals surface area contributed by atoms with Crippen molar-refractivity contribution in [2.75, 3.05) is 0 Å². The molecule has 0 aliphatic carbocycles. The maximum absolute atomic E-state index is 11.8. The number of rotatable bonds is 4. The number of hydrogen-bond donors (Lipinski definition) is 1. The van der Waals surface area contributed by atoms with E-state index in [9.17, 15) is 14.4 Å². The fourth-order valence-electron chi connectivity index (χ4n) is 2.33. The van der Waals surface area contributed by atoms with Crippen molar-refractivity contribution in [1.82, 2.24) is 10.2 Å². The molecule has 1 heterocycles. The number of aldehydes is 1. The van der Waals surface area contributed by atoms with E-state index in [1.54, 1.807) is 4.90 Å². The van der Waals surface area contributed by atoms with Gasteiger partial charge in [-0.25, -0.2) is 0 Å². The van der Waals surface area contributed by atoms with Crippen molar-refractivity contribution < 1.29 is 14.4 Å². The van der Waals surface area contributed by atoms with Crippen molar-refractivity contribution in [2.45, 2.75) is 32.0 Å². The molecule has 2 rings (SSSR count). The van der Waals surface area contributed by atoms with Gasteiger partial charge in [-0.2, -0.15) is 0 Å². The summed E-state index contributed by atoms with van der Waals surface area (Å²) < 4.78 is 0. The van der Waals surface area contributed by atoms with Crippen LogP contribution in [0.2, 0.25) is 0 Å². The van der Waals surface area contributed by atoms with Crippen molar-refractivity contribution in [1.29, 1.82) is 0 Å². The third kappa shape index (κ3) is 2.99. The minimum Gasteiger partial charge on any atom is -0.344 e. The highest BCUT2D eigenvalue weighted by Crippen LogP contribution is 2.18. The number of carbonyl (C=O) groups excluding carboxylic acids is 3. The third-order valence-electron chi connectivity index (χ3n) is 3.28. The lowest BCUT2D eigenvalue weighted by Crippen LogP contribution is -2.46. The molecule has 2 atom stereocenters. The average Bonchev–Trinajstić information content (AvgIpc) is 2.77. The summed E-state index contributed by atoms with van der Waals surface area (Å²) in [4.78, 5) is 35.7. The maximum Gasteiger partial charge on any atom is 0.222 e. The summed E-state index contributed by atoms with van der Waals surface area (Å²) in [5.74, 6) is -0.335. The SMILES string of the molecule is CC(=O)N(Cc1ccccc1)[C@@H]1CC(=O)N[C@H]1C=O. The molecular formula is C14H16N2O3. The Morgan fingerprint density at radius 3 is 2.68 bits per heavy atom. The average molecular weight is 260 g/mol. The number of carbonyl (C=O) groups is 3. The van der Waals surface area contributed by atoms with Gasteiger partial charge in [0.1, 0.15) is 12.3 Å². The van der Waals surface area contributed by atoms with E-state index in [1.807, 2.05) is 30.3 Å². The van der Waals surface area contributed by atoms with Crippen molar-refractivity contribution in [3.05, 3.63) is 35.9 Å². The van der Waals surface area contributed by atoms with Crippen LogP contribution >= 0.6 is 0 Å². The number of nitrogens with one attached hydrogen (secondary N) is 1. The monoisotopic (exact) mass is 260 g/mol. The van der Waals surface area contributed by atoms with Crippen molar-refractivity contribution in [3.63, 3.8) is 0 Å². The van der Waals surface area contributed by atoms with Gasteiger partial charge >= 0.3 is 0 Å². The van der Waals surface area contributed by atoms with Gasteiger partial charge < -0.3 is 15.0 Å². The van der Waals surface area contributed by atoms with Crippen LogP contribution in [-0.2, 0) is 20.9 Å². The summed E-state index contributed by atoms with van der Waals surface area (Å²) in [7, 11) is 0. The van der Waals surface area contributed by atoms with Crippen LogP contribution in [0.3, 0.4) is 0 Å². The second-order valence-electron chi connectivity index (χ2n) is 4.63. The van der Waals surface area contributed by atoms with E-state index in [1.165, 1.54) is 6.92 Å². The zero-order chi connectivity index (χ0) is 13.8. The quantitative estimate of drug-likeness (QED) is 0.801. The van der Waals surface area contributed by atoms with Crippen LogP contribution < -0.4 is 5.32 Å². The third-order valence-corrected chi connectivity index (χ3v) is 3.28. The topological polar surface area (TPSA) is 66.5 Å². The van der Waals surface area contributed by atoms with Crippen LogP contribution in [0.15, 0.2) is 30.3 Å². The summed E-state index contributed by atoms with van der Waals surface area (Å²) in [6.07, 6.45) is 0.867. The summed E-state index contributed by atoms with van der Waals surface area (Å²) >= 11 is 0. The van der Waals surface area contributed by atoms with Crippen molar-refractivity contribution in [2.24, 2.45) is 0 Å². The lowest BCUT2D eigenvalue weighted by Gasteiger charge is -2.29. The van der Waals surface area contributed by atoms with Gasteiger partial charge in [0.25, 0.3) is 0 Å². The van der Waals surface area contributed by atoms with Gasteiger partial charge in [-0.05, 0) is 5.56 Å². The summed E-state index contributed by atoms with van der Waals surface area (Å²) in [5, 5.41) is 2.57. The highest BCUT2D eigenvalue weighted by Gasteiger charge is 2.37. The standard InChI is InChI=1S/C14H16N2O3/c1-10(18)16(8-11-5-3-2-4-6-11)13-7-14(19)15-12(13)9-17/h2-6,9,12-13H,7-8H2,1H3,(H,15,19)/t12-,13+/m0/s1. The van der Waals surface area contributed by atoms with Crippen LogP contribution in [-0.4, -0.2) is 35.1 Å². The van der Waals surface area contributed by atoms with Crippen LogP contribution in [0, 0.1) is 0 Å². The largest absolute Gasteiger partial charge is 0.344 e. The highest BCUT2D eigenvalue weighted by atomic mass is 16.2. The molecule has 1 N–H and O–H groups in total. The highest BCUT2D eigenvalue weighted by molar-refractivity contribution is 5.86. The van der Waals surface area contributed by atoms with Crippen molar-refractivity contribution >= 4 is 18.1 Å². The molecule has 1 aromatic carbocycles. The second-order valence-corrected chi connectivity index (χ2v) is 4.63. The number of amides is 2. The molecule has 0 bridgehead atoms. The van der Waals surface area contributed by atoms with Gasteiger partial charge in [0.05, 0.1) is 6.04 Å². The van der Waals surface area contributed by atoms with E-state index in [0.717, 1.165) is 5.56 Å². The molecule has 100 valence electrons. The van der Waals surface area contributed by atoms with Crippen LogP contribution in [0.4, 0.5) is 0 Å². The van der Waals surface area contributed by atoms with Gasteiger partial charge in [0.2, 0.25) is 11.8 Å². The lowest BCUT2D eigenvalue weighted by molar-refractivity contribution is -0.132. The van der Waals surface area contributed by atoms with E-state index in [-0.39, 0.29) is 18.2 Å². The van der Waals surface area contributed by atoms with Gasteiger partial charge in [-0.15, -0.1) is 0 Å². The molecule has 1 saturated heterocycles. The van der Waals surface area contributed by atoms with Crippen LogP contribution in [0.5, 0.6) is 0 Å². The molecular weight excluding hydrogens is 244 g/mol. The molecule has 0 aromatic heterocycles. The Hall–Kier alpha value is -2.17. The maximum atomic E-state index is 11.8. The number of nitrogens with zero attached hydrogens (tertiary/aromatic N) is 1. The van der Waals surface area contributed by atoms with E-state index < -0.39 is 12.1 Å². The van der Waals surface area contributed by atoms with Crippen LogP contribution in [0.1, 0.15) is 18.9 Å². The van der Waals surface area contributed by atoms with Crippen LogP contribution in [0.25, 0.3) is 0 Å². The predicted octanol–water partition coefficient (Wildman–Crippen LogP) is 0.491. The van der Waals surface area contributed by atoms with E-state index >= 15 is 0 Å². The first kappa shape index (κ1) is 13.3. The van der Waals surface area contributed by atoms with E-state index in [2.05, 4.69) is 5.32 Å². The van der Waals surface area contributed by atoms with Gasteiger partial charge in [-0.1, -0.05) is 30.3 Å². The lowest BCUT2D eigenvalue weighted by atomic mass is 10.1. The number of benzene rings is 1. The first-order valence-corrected chi connectivity index (χ1v) is 6.17. The zero-order valence-corrected chi connectivity index (χ0v) is 10.7. The Kier molecular flexibility index (Phi) is 3.94. The molecule has 0 radical (unpaired) electrons. The minimum atomic E-state index is -0.611. The molecule has 1 aliphatic rings. The zero-order valence-electron chi connectivity index (χ0n) is 10.7. The minimum absolute atomic E-state index is 0.141. The molecule has 1 fully saturated rings. The first-order chi connectivity index (χ1) is 9.11. The Balaban J connectivity index is 2.18. The molecule has 19 heavy (non-hydrogen) atoms. The Labute approximate surface area is 111 Å². The normalized spacial score (nSPS) is 21.8. The molecule has 5 nitrogen and oxygen atoms in total. The molecule has 2 amide bonds. The summed E-state index contributed by atoms with van der Waals surface area (Å²) in [6, 6.07) is 8.50. The number of hydrogen-bond acceptors (Lipinski definition) is 3. The predicted molar refractivity (Wildman–Crippen MR) is 69.1 cm³/mol. The summed E-state index contributed by atoms with van der Waals surface area (Å²) in [6.45, 7) is 1.85. The Morgan fingerprint density at radius 2 is 2.11 bits per heavy atom. The molecule has 5 heteroatoms. The Bertz CT molecular complexity index is 487. The van der Waals surface area contributed by atoms with Gasteiger partial charge in [0, 0.05) is 19.9 Å². The molecule has 1 aromatic rings. The first-order valence-electron chi connectivity index (χ1n) is 6.17. The molecule has 0 spiro atoms. The Morgan fingerprint density at radius 1 is 1.42 bits per heavy atom.